The second kappa shape index (κ2) is 5.27. The van der Waals surface area contributed by atoms with Crippen molar-refractivity contribution < 1.29 is 14.0 Å². The van der Waals surface area contributed by atoms with Gasteiger partial charge in [-0.3, -0.25) is 0 Å². The quantitative estimate of drug-likeness (QED) is 0.584. The zero-order valence-electron chi connectivity index (χ0n) is 10.2. The summed E-state index contributed by atoms with van der Waals surface area (Å²) >= 11 is 0. The highest BCUT2D eigenvalue weighted by atomic mass is 28.4. The van der Waals surface area contributed by atoms with Crippen LogP contribution in [0, 0.1) is 0 Å². The van der Waals surface area contributed by atoms with Crippen molar-refractivity contribution >= 4 is 14.6 Å². The van der Waals surface area contributed by atoms with Crippen LogP contribution in [0.2, 0.25) is 19.6 Å². The average molecular weight is 238 g/mol. The van der Waals surface area contributed by atoms with E-state index in [2.05, 4.69) is 19.6 Å². The number of methoxy groups -OCH3 is 1. The molecule has 0 aliphatic rings. The molecule has 0 aliphatic carbocycles. The van der Waals surface area contributed by atoms with E-state index in [-0.39, 0.29) is 0 Å². The lowest BCUT2D eigenvalue weighted by atomic mass is 10.1. The van der Waals surface area contributed by atoms with Gasteiger partial charge in [0.15, 0.2) is 14.6 Å². The van der Waals surface area contributed by atoms with Crippen LogP contribution in [0.1, 0.15) is 11.7 Å². The zero-order valence-corrected chi connectivity index (χ0v) is 11.2. The van der Waals surface area contributed by atoms with Gasteiger partial charge in [0.1, 0.15) is 11.9 Å². The normalized spacial score (nSPS) is 13.2. The molecule has 1 aromatic rings. The molecule has 4 heteroatoms. The Kier molecular flexibility index (Phi) is 4.26. The molecule has 1 atom stereocenters. The summed E-state index contributed by atoms with van der Waals surface area (Å²) in [5.41, 5.74) is 0.873. The molecule has 0 spiro atoms. The second-order valence-corrected chi connectivity index (χ2v) is 9.02. The average Bonchev–Trinajstić information content (AvgIpc) is 2.25. The number of ether oxygens (including phenoxy) is 1. The van der Waals surface area contributed by atoms with Gasteiger partial charge in [-0.1, -0.05) is 12.1 Å². The summed E-state index contributed by atoms with van der Waals surface area (Å²) in [6, 6.07) is 7.38. The van der Waals surface area contributed by atoms with Gasteiger partial charge in [0.25, 0.3) is 0 Å². The lowest BCUT2D eigenvalue weighted by molar-refractivity contribution is -0.114. The first-order chi connectivity index (χ1) is 7.46. The largest absolute Gasteiger partial charge is 0.497 e. The Labute approximate surface area is 97.5 Å². The SMILES string of the molecule is COc1ccc(C(C=O)O[Si](C)(C)C)cc1. The highest BCUT2D eigenvalue weighted by Gasteiger charge is 2.21. The van der Waals surface area contributed by atoms with Gasteiger partial charge in [-0.15, -0.1) is 0 Å². The van der Waals surface area contributed by atoms with Crippen molar-refractivity contribution in [2.45, 2.75) is 25.7 Å². The van der Waals surface area contributed by atoms with Crippen molar-refractivity contribution in [2.75, 3.05) is 7.11 Å². The summed E-state index contributed by atoms with van der Waals surface area (Å²) in [5, 5.41) is 0. The van der Waals surface area contributed by atoms with E-state index in [1.807, 2.05) is 24.3 Å². The first kappa shape index (κ1) is 12.9. The topological polar surface area (TPSA) is 35.5 Å². The third kappa shape index (κ3) is 3.79. The molecule has 1 aromatic carbocycles. The molecule has 0 aliphatic heterocycles. The molecule has 16 heavy (non-hydrogen) atoms. The third-order valence-corrected chi connectivity index (χ3v) is 3.01. The fourth-order valence-electron chi connectivity index (χ4n) is 1.35. The number of hydrogen-bond acceptors (Lipinski definition) is 3. The number of carbonyl (C=O) groups is 1. The smallest absolute Gasteiger partial charge is 0.185 e. The van der Waals surface area contributed by atoms with E-state index >= 15 is 0 Å². The molecular formula is C12H18O3Si. The van der Waals surface area contributed by atoms with Crippen LogP contribution in [0.15, 0.2) is 24.3 Å². The van der Waals surface area contributed by atoms with E-state index in [0.29, 0.717) is 0 Å². The lowest BCUT2D eigenvalue weighted by Gasteiger charge is -2.22. The van der Waals surface area contributed by atoms with Gasteiger partial charge in [0.2, 0.25) is 0 Å². The molecule has 0 heterocycles. The Hall–Kier alpha value is -1.13. The molecule has 0 fully saturated rings. The van der Waals surface area contributed by atoms with Gasteiger partial charge in [-0.2, -0.15) is 0 Å². The third-order valence-electron chi connectivity index (χ3n) is 2.05. The van der Waals surface area contributed by atoms with Crippen LogP contribution in [-0.2, 0) is 9.22 Å². The van der Waals surface area contributed by atoms with Gasteiger partial charge in [0, 0.05) is 0 Å². The molecule has 0 bridgehead atoms. The van der Waals surface area contributed by atoms with Crippen LogP contribution < -0.4 is 4.74 Å². The first-order valence-corrected chi connectivity index (χ1v) is 8.64. The maximum Gasteiger partial charge on any atom is 0.185 e. The van der Waals surface area contributed by atoms with Gasteiger partial charge < -0.3 is 14.0 Å². The van der Waals surface area contributed by atoms with E-state index < -0.39 is 14.4 Å². The molecule has 0 amide bonds. The Bertz CT molecular complexity index is 340. The summed E-state index contributed by atoms with van der Waals surface area (Å²) < 4.78 is 10.8. The molecule has 0 radical (unpaired) electrons. The summed E-state index contributed by atoms with van der Waals surface area (Å²) in [7, 11) is -0.0926. The minimum absolute atomic E-state index is 0.461. The van der Waals surface area contributed by atoms with Gasteiger partial charge in [0.05, 0.1) is 7.11 Å². The molecular weight excluding hydrogens is 220 g/mol. The van der Waals surface area contributed by atoms with Crippen LogP contribution >= 0.6 is 0 Å². The van der Waals surface area contributed by atoms with E-state index in [1.54, 1.807) is 7.11 Å². The van der Waals surface area contributed by atoms with Crippen molar-refractivity contribution in [3.8, 4) is 5.75 Å². The first-order valence-electron chi connectivity index (χ1n) is 5.23. The molecule has 88 valence electrons. The Morgan fingerprint density at radius 3 is 2.12 bits per heavy atom. The molecule has 1 unspecified atom stereocenters. The van der Waals surface area contributed by atoms with Crippen LogP contribution in [0.4, 0.5) is 0 Å². The predicted molar refractivity (Wildman–Crippen MR) is 66.2 cm³/mol. The Morgan fingerprint density at radius 1 is 1.19 bits per heavy atom. The van der Waals surface area contributed by atoms with Crippen molar-refractivity contribution in [2.24, 2.45) is 0 Å². The number of hydrogen-bond donors (Lipinski definition) is 0. The Balaban J connectivity index is 2.83. The van der Waals surface area contributed by atoms with Gasteiger partial charge >= 0.3 is 0 Å². The number of carbonyl (C=O) groups excluding carboxylic acids is 1. The van der Waals surface area contributed by atoms with Crippen molar-refractivity contribution in [1.29, 1.82) is 0 Å². The predicted octanol–water partition coefficient (Wildman–Crippen LogP) is 2.79. The maximum absolute atomic E-state index is 11.0. The number of aldehydes is 1. The van der Waals surface area contributed by atoms with E-state index in [4.69, 9.17) is 9.16 Å². The maximum atomic E-state index is 11.0. The Morgan fingerprint density at radius 2 is 1.75 bits per heavy atom. The van der Waals surface area contributed by atoms with Crippen LogP contribution in [-0.4, -0.2) is 21.7 Å². The van der Waals surface area contributed by atoms with Crippen molar-refractivity contribution in [3.05, 3.63) is 29.8 Å². The monoisotopic (exact) mass is 238 g/mol. The molecule has 0 N–H and O–H groups in total. The molecule has 0 saturated carbocycles. The summed E-state index contributed by atoms with van der Waals surface area (Å²) in [5.74, 6) is 0.779. The number of benzene rings is 1. The zero-order chi connectivity index (χ0) is 12.2. The van der Waals surface area contributed by atoms with E-state index in [0.717, 1.165) is 17.6 Å². The fourth-order valence-corrected chi connectivity index (χ4v) is 2.30. The molecule has 3 nitrogen and oxygen atoms in total. The van der Waals surface area contributed by atoms with E-state index in [9.17, 15) is 4.79 Å². The van der Waals surface area contributed by atoms with Crippen LogP contribution in [0.3, 0.4) is 0 Å². The van der Waals surface area contributed by atoms with Crippen LogP contribution in [0.5, 0.6) is 5.75 Å². The molecule has 1 rings (SSSR count). The molecule has 0 saturated heterocycles. The fraction of sp³-hybridized carbons (Fsp3) is 0.417. The summed E-state index contributed by atoms with van der Waals surface area (Å²) in [4.78, 5) is 11.0. The number of rotatable bonds is 5. The highest BCUT2D eigenvalue weighted by molar-refractivity contribution is 6.69. The van der Waals surface area contributed by atoms with E-state index in [1.165, 1.54) is 0 Å². The van der Waals surface area contributed by atoms with Crippen LogP contribution in [0.25, 0.3) is 0 Å². The molecule has 0 aromatic heterocycles. The van der Waals surface area contributed by atoms with Gasteiger partial charge in [-0.25, -0.2) is 0 Å². The highest BCUT2D eigenvalue weighted by Crippen LogP contribution is 2.22. The lowest BCUT2D eigenvalue weighted by Crippen LogP contribution is -2.28. The summed E-state index contributed by atoms with van der Waals surface area (Å²) in [6.07, 6.45) is 0.387. The standard InChI is InChI=1S/C12H18O3Si/c1-14-11-7-5-10(6-8-11)12(9-13)15-16(2,3)4/h5-9,12H,1-4H3. The minimum Gasteiger partial charge on any atom is -0.497 e. The van der Waals surface area contributed by atoms with Crippen molar-refractivity contribution in [1.82, 2.24) is 0 Å². The second-order valence-electron chi connectivity index (χ2n) is 4.56. The van der Waals surface area contributed by atoms with Gasteiger partial charge in [-0.05, 0) is 37.3 Å². The van der Waals surface area contributed by atoms with Crippen molar-refractivity contribution in [3.63, 3.8) is 0 Å². The summed E-state index contributed by atoms with van der Waals surface area (Å²) in [6.45, 7) is 6.19. The minimum atomic E-state index is -1.71.